The first-order valence-corrected chi connectivity index (χ1v) is 4.33. The summed E-state index contributed by atoms with van der Waals surface area (Å²) in [5.41, 5.74) is 1.64. The lowest BCUT2D eigenvalue weighted by Crippen LogP contribution is -1.95. The SMILES string of the molecule is CCc1c([N+](=O)[O-])ccc2cn[nH]c12. The van der Waals surface area contributed by atoms with Gasteiger partial charge < -0.3 is 0 Å². The molecule has 2 rings (SSSR count). The fourth-order valence-corrected chi connectivity index (χ4v) is 1.59. The van der Waals surface area contributed by atoms with Gasteiger partial charge in [0.05, 0.1) is 22.2 Å². The van der Waals surface area contributed by atoms with Gasteiger partial charge in [0.2, 0.25) is 0 Å². The highest BCUT2D eigenvalue weighted by Gasteiger charge is 2.15. The molecule has 0 saturated carbocycles. The summed E-state index contributed by atoms with van der Waals surface area (Å²) in [6.45, 7) is 1.89. The lowest BCUT2D eigenvalue weighted by Gasteiger charge is -2.00. The Kier molecular flexibility index (Phi) is 1.92. The molecule has 1 aromatic carbocycles. The van der Waals surface area contributed by atoms with E-state index < -0.39 is 0 Å². The number of nitrogens with zero attached hydrogens (tertiary/aromatic N) is 2. The van der Waals surface area contributed by atoms with Crippen LogP contribution in [0.1, 0.15) is 12.5 Å². The minimum atomic E-state index is -0.362. The van der Waals surface area contributed by atoms with Crippen molar-refractivity contribution < 1.29 is 4.92 Å². The van der Waals surface area contributed by atoms with Crippen LogP contribution in [0.25, 0.3) is 10.9 Å². The van der Waals surface area contributed by atoms with Crippen molar-refractivity contribution in [3.8, 4) is 0 Å². The van der Waals surface area contributed by atoms with Crippen molar-refractivity contribution in [2.45, 2.75) is 13.3 Å². The third-order valence-corrected chi connectivity index (χ3v) is 2.25. The van der Waals surface area contributed by atoms with Crippen LogP contribution in [-0.2, 0) is 6.42 Å². The van der Waals surface area contributed by atoms with E-state index in [4.69, 9.17) is 0 Å². The molecule has 0 atom stereocenters. The third-order valence-electron chi connectivity index (χ3n) is 2.25. The summed E-state index contributed by atoms with van der Waals surface area (Å²) in [6, 6.07) is 3.23. The number of benzene rings is 1. The van der Waals surface area contributed by atoms with Crippen molar-refractivity contribution in [1.29, 1.82) is 0 Å². The maximum Gasteiger partial charge on any atom is 0.274 e. The van der Waals surface area contributed by atoms with Crippen LogP contribution in [-0.4, -0.2) is 15.1 Å². The molecule has 1 heterocycles. The molecule has 1 N–H and O–H groups in total. The summed E-state index contributed by atoms with van der Waals surface area (Å²) in [6.07, 6.45) is 2.29. The van der Waals surface area contributed by atoms with E-state index in [0.29, 0.717) is 12.0 Å². The Hall–Kier alpha value is -1.91. The number of aromatic nitrogens is 2. The third kappa shape index (κ3) is 1.14. The van der Waals surface area contributed by atoms with E-state index in [2.05, 4.69) is 10.2 Å². The molecular weight excluding hydrogens is 182 g/mol. The van der Waals surface area contributed by atoms with E-state index in [1.165, 1.54) is 6.07 Å². The minimum Gasteiger partial charge on any atom is -0.277 e. The molecule has 0 aliphatic heterocycles. The predicted molar refractivity (Wildman–Crippen MR) is 52.1 cm³/mol. The van der Waals surface area contributed by atoms with E-state index in [1.807, 2.05) is 6.92 Å². The van der Waals surface area contributed by atoms with Crippen LogP contribution in [0.4, 0.5) is 5.69 Å². The van der Waals surface area contributed by atoms with Crippen molar-refractivity contribution in [3.05, 3.63) is 34.0 Å². The first kappa shape index (κ1) is 8.68. The number of fused-ring (bicyclic) bond motifs is 1. The zero-order chi connectivity index (χ0) is 10.1. The van der Waals surface area contributed by atoms with Crippen LogP contribution in [0.2, 0.25) is 0 Å². The van der Waals surface area contributed by atoms with Gasteiger partial charge in [0.15, 0.2) is 0 Å². The van der Waals surface area contributed by atoms with E-state index in [-0.39, 0.29) is 10.6 Å². The van der Waals surface area contributed by atoms with Crippen molar-refractivity contribution >= 4 is 16.6 Å². The van der Waals surface area contributed by atoms with Gasteiger partial charge in [-0.1, -0.05) is 6.92 Å². The lowest BCUT2D eigenvalue weighted by molar-refractivity contribution is -0.385. The smallest absolute Gasteiger partial charge is 0.274 e. The Morgan fingerprint density at radius 3 is 3.00 bits per heavy atom. The van der Waals surface area contributed by atoms with E-state index in [0.717, 1.165) is 10.9 Å². The fourth-order valence-electron chi connectivity index (χ4n) is 1.59. The molecule has 0 radical (unpaired) electrons. The van der Waals surface area contributed by atoms with Crippen LogP contribution >= 0.6 is 0 Å². The first-order valence-electron chi connectivity index (χ1n) is 4.33. The number of hydrogen-bond donors (Lipinski definition) is 1. The van der Waals surface area contributed by atoms with Crippen LogP contribution in [0.15, 0.2) is 18.3 Å². The second-order valence-electron chi connectivity index (χ2n) is 3.01. The van der Waals surface area contributed by atoms with Crippen molar-refractivity contribution in [1.82, 2.24) is 10.2 Å². The summed E-state index contributed by atoms with van der Waals surface area (Å²) in [5, 5.41) is 18.3. The molecule has 0 aliphatic carbocycles. The van der Waals surface area contributed by atoms with Crippen molar-refractivity contribution in [3.63, 3.8) is 0 Å². The summed E-state index contributed by atoms with van der Waals surface area (Å²) in [4.78, 5) is 10.4. The highest BCUT2D eigenvalue weighted by Crippen LogP contribution is 2.26. The van der Waals surface area contributed by atoms with Gasteiger partial charge in [-0.25, -0.2) is 0 Å². The second-order valence-corrected chi connectivity index (χ2v) is 3.01. The second kappa shape index (κ2) is 3.10. The number of aryl methyl sites for hydroxylation is 1. The number of rotatable bonds is 2. The van der Waals surface area contributed by atoms with Crippen LogP contribution in [0, 0.1) is 10.1 Å². The molecule has 0 bridgehead atoms. The van der Waals surface area contributed by atoms with Gasteiger partial charge in [-0.3, -0.25) is 15.2 Å². The Bertz CT molecular complexity index is 490. The largest absolute Gasteiger partial charge is 0.277 e. The summed E-state index contributed by atoms with van der Waals surface area (Å²) in [7, 11) is 0. The molecule has 14 heavy (non-hydrogen) atoms. The normalized spacial score (nSPS) is 10.6. The first-order chi connectivity index (χ1) is 6.74. The predicted octanol–water partition coefficient (Wildman–Crippen LogP) is 2.03. The fraction of sp³-hybridized carbons (Fsp3) is 0.222. The molecule has 1 aromatic heterocycles. The molecule has 0 fully saturated rings. The van der Waals surface area contributed by atoms with Gasteiger partial charge in [0, 0.05) is 11.5 Å². The summed E-state index contributed by atoms with van der Waals surface area (Å²) in [5.74, 6) is 0. The van der Waals surface area contributed by atoms with Gasteiger partial charge in [-0.15, -0.1) is 0 Å². The van der Waals surface area contributed by atoms with E-state index >= 15 is 0 Å². The molecule has 5 heteroatoms. The topological polar surface area (TPSA) is 71.8 Å². The van der Waals surface area contributed by atoms with E-state index in [9.17, 15) is 10.1 Å². The average molecular weight is 191 g/mol. The highest BCUT2D eigenvalue weighted by atomic mass is 16.6. The number of aromatic amines is 1. The van der Waals surface area contributed by atoms with Gasteiger partial charge >= 0.3 is 0 Å². The Morgan fingerprint density at radius 2 is 2.36 bits per heavy atom. The maximum absolute atomic E-state index is 10.7. The Morgan fingerprint density at radius 1 is 1.57 bits per heavy atom. The van der Waals surface area contributed by atoms with Crippen LogP contribution in [0.3, 0.4) is 0 Å². The molecule has 72 valence electrons. The zero-order valence-corrected chi connectivity index (χ0v) is 7.65. The van der Waals surface area contributed by atoms with Crippen LogP contribution in [0.5, 0.6) is 0 Å². The van der Waals surface area contributed by atoms with Crippen LogP contribution < -0.4 is 0 Å². The minimum absolute atomic E-state index is 0.157. The van der Waals surface area contributed by atoms with Gasteiger partial charge in [0.1, 0.15) is 0 Å². The van der Waals surface area contributed by atoms with Gasteiger partial charge in [0.25, 0.3) is 5.69 Å². The Labute approximate surface area is 79.9 Å². The average Bonchev–Trinajstić information content (AvgIpc) is 2.63. The Balaban J connectivity index is 2.78. The monoisotopic (exact) mass is 191 g/mol. The molecule has 0 amide bonds. The highest BCUT2D eigenvalue weighted by molar-refractivity contribution is 5.84. The van der Waals surface area contributed by atoms with Gasteiger partial charge in [-0.2, -0.15) is 5.10 Å². The number of nitrogens with one attached hydrogen (secondary N) is 1. The molecule has 2 aromatic rings. The maximum atomic E-state index is 10.7. The number of hydrogen-bond acceptors (Lipinski definition) is 3. The van der Waals surface area contributed by atoms with Crippen molar-refractivity contribution in [2.24, 2.45) is 0 Å². The van der Waals surface area contributed by atoms with Gasteiger partial charge in [-0.05, 0) is 12.5 Å². The molecule has 0 aliphatic rings. The summed E-state index contributed by atoms with van der Waals surface area (Å²) < 4.78 is 0. The molecular formula is C9H9N3O2. The standard InChI is InChI=1S/C9H9N3O2/c1-2-7-8(12(13)14)4-3-6-5-10-11-9(6)7/h3-5H,2H2,1H3,(H,10,11). The molecule has 5 nitrogen and oxygen atoms in total. The number of nitro groups is 1. The number of nitro benzene ring substituents is 1. The quantitative estimate of drug-likeness (QED) is 0.583. The van der Waals surface area contributed by atoms with E-state index in [1.54, 1.807) is 12.3 Å². The molecule has 0 spiro atoms. The van der Waals surface area contributed by atoms with Crippen molar-refractivity contribution in [2.75, 3.05) is 0 Å². The molecule has 0 saturated heterocycles. The molecule has 0 unspecified atom stereocenters. The zero-order valence-electron chi connectivity index (χ0n) is 7.65. The summed E-state index contributed by atoms with van der Waals surface area (Å²) >= 11 is 0. The number of H-pyrrole nitrogens is 1. The lowest BCUT2D eigenvalue weighted by atomic mass is 10.1.